The van der Waals surface area contributed by atoms with Crippen LogP contribution in [-0.2, 0) is 4.79 Å². The first kappa shape index (κ1) is 10.3. The Hall–Kier alpha value is -0.650. The van der Waals surface area contributed by atoms with Crippen molar-refractivity contribution >= 4 is 5.91 Å². The topological polar surface area (TPSA) is 104 Å². The summed E-state index contributed by atoms with van der Waals surface area (Å²) in [6.45, 7) is 1.36. The fourth-order valence-electron chi connectivity index (χ4n) is 0.542. The molecule has 0 heterocycles. The summed E-state index contributed by atoms with van der Waals surface area (Å²) < 4.78 is 0. The van der Waals surface area contributed by atoms with Crippen molar-refractivity contribution in [2.45, 2.75) is 31.7 Å². The fraction of sp³-hybridized carbons (Fsp3) is 0.833. The first-order valence-electron chi connectivity index (χ1n) is 3.28. The van der Waals surface area contributed by atoms with E-state index in [0.29, 0.717) is 0 Å². The Morgan fingerprint density at radius 1 is 1.45 bits per heavy atom. The maximum Gasteiger partial charge on any atom is 0.246 e. The molecule has 3 atom stereocenters. The molecule has 5 N–H and O–H groups in total. The van der Waals surface area contributed by atoms with Gasteiger partial charge in [0.15, 0.2) is 0 Å². The van der Waals surface area contributed by atoms with Gasteiger partial charge in [-0.05, 0) is 6.92 Å². The van der Waals surface area contributed by atoms with Gasteiger partial charge in [-0.1, -0.05) is 0 Å². The maximum absolute atomic E-state index is 10.2. The molecule has 0 bridgehead atoms. The summed E-state index contributed by atoms with van der Waals surface area (Å²) in [5, 5.41) is 26.5. The number of aliphatic hydroxyl groups excluding tert-OH is 3. The lowest BCUT2D eigenvalue weighted by molar-refractivity contribution is -0.128. The van der Waals surface area contributed by atoms with Crippen LogP contribution in [0, 0.1) is 0 Å². The van der Waals surface area contributed by atoms with E-state index in [2.05, 4.69) is 0 Å². The normalized spacial score (nSPS) is 18.9. The number of primary amides is 1. The largest absolute Gasteiger partial charge is 0.391 e. The van der Waals surface area contributed by atoms with Crippen molar-refractivity contribution in [1.29, 1.82) is 0 Å². The molecule has 11 heavy (non-hydrogen) atoms. The highest BCUT2D eigenvalue weighted by Crippen LogP contribution is 2.01. The molecule has 0 rings (SSSR count). The van der Waals surface area contributed by atoms with Crippen molar-refractivity contribution in [2.24, 2.45) is 5.73 Å². The predicted octanol–water partition coefficient (Wildman–Crippen LogP) is -2.04. The molecule has 0 fully saturated rings. The van der Waals surface area contributed by atoms with Gasteiger partial charge in [-0.15, -0.1) is 0 Å². The minimum Gasteiger partial charge on any atom is -0.391 e. The Morgan fingerprint density at radius 2 is 1.91 bits per heavy atom. The average molecular weight is 163 g/mol. The molecule has 0 saturated heterocycles. The Kier molecular flexibility index (Phi) is 4.02. The monoisotopic (exact) mass is 163 g/mol. The van der Waals surface area contributed by atoms with Crippen molar-refractivity contribution in [3.05, 3.63) is 0 Å². The Labute approximate surface area is 64.4 Å². The number of aliphatic hydroxyl groups is 3. The molecule has 0 aliphatic carbocycles. The second-order valence-corrected chi connectivity index (χ2v) is 2.46. The fourth-order valence-corrected chi connectivity index (χ4v) is 0.542. The quantitative estimate of drug-likeness (QED) is 0.383. The molecular weight excluding hydrogens is 150 g/mol. The Bertz CT molecular complexity index is 137. The minimum absolute atomic E-state index is 0.229. The number of nitrogens with two attached hydrogens (primary N) is 1. The molecule has 0 aromatic heterocycles. The molecule has 5 heteroatoms. The molecule has 0 aliphatic rings. The van der Waals surface area contributed by atoms with Gasteiger partial charge in [0.05, 0.1) is 12.2 Å². The van der Waals surface area contributed by atoms with Crippen LogP contribution in [-0.4, -0.2) is 39.5 Å². The number of hydrogen-bond acceptors (Lipinski definition) is 4. The number of amides is 1. The molecule has 0 aromatic carbocycles. The molecule has 5 nitrogen and oxygen atoms in total. The van der Waals surface area contributed by atoms with Crippen molar-refractivity contribution < 1.29 is 20.1 Å². The summed E-state index contributed by atoms with van der Waals surface area (Å²) in [6, 6.07) is 0. The number of hydrogen-bond donors (Lipinski definition) is 4. The second-order valence-electron chi connectivity index (χ2n) is 2.46. The number of carbonyl (C=O) groups is 1. The van der Waals surface area contributed by atoms with Crippen LogP contribution in [0.5, 0.6) is 0 Å². The van der Waals surface area contributed by atoms with Gasteiger partial charge in [0.2, 0.25) is 5.91 Å². The third-order valence-corrected chi connectivity index (χ3v) is 1.35. The van der Waals surface area contributed by atoms with E-state index in [1.807, 2.05) is 0 Å². The molecule has 0 unspecified atom stereocenters. The van der Waals surface area contributed by atoms with E-state index in [4.69, 9.17) is 21.1 Å². The summed E-state index contributed by atoms with van der Waals surface area (Å²) in [7, 11) is 0. The van der Waals surface area contributed by atoms with Crippen molar-refractivity contribution in [2.75, 3.05) is 0 Å². The van der Waals surface area contributed by atoms with Crippen LogP contribution >= 0.6 is 0 Å². The number of rotatable bonds is 4. The SMILES string of the molecule is C[C@@H](O)[C@H](O)C[C@@H](O)C(N)=O. The predicted molar refractivity (Wildman–Crippen MR) is 37.5 cm³/mol. The van der Waals surface area contributed by atoms with Gasteiger partial charge >= 0.3 is 0 Å². The summed E-state index contributed by atoms with van der Waals surface area (Å²) in [6.07, 6.45) is -3.70. The van der Waals surface area contributed by atoms with Crippen molar-refractivity contribution in [3.8, 4) is 0 Å². The van der Waals surface area contributed by atoms with Gasteiger partial charge in [0.25, 0.3) is 0 Å². The van der Waals surface area contributed by atoms with E-state index in [1.54, 1.807) is 0 Å². The average Bonchev–Trinajstić information content (AvgIpc) is 1.87. The zero-order valence-electron chi connectivity index (χ0n) is 6.27. The van der Waals surface area contributed by atoms with Crippen molar-refractivity contribution in [3.63, 3.8) is 0 Å². The summed E-state index contributed by atoms with van der Waals surface area (Å²) in [5.41, 5.74) is 4.70. The maximum atomic E-state index is 10.2. The van der Waals surface area contributed by atoms with Gasteiger partial charge in [-0.2, -0.15) is 0 Å². The van der Waals surface area contributed by atoms with Crippen LogP contribution in [0.1, 0.15) is 13.3 Å². The third kappa shape index (κ3) is 3.92. The van der Waals surface area contributed by atoms with Gasteiger partial charge in [0.1, 0.15) is 6.10 Å². The van der Waals surface area contributed by atoms with Crippen LogP contribution in [0.2, 0.25) is 0 Å². The van der Waals surface area contributed by atoms with Crippen LogP contribution in [0.3, 0.4) is 0 Å². The summed E-state index contributed by atoms with van der Waals surface area (Å²) in [5.74, 6) is -0.898. The third-order valence-electron chi connectivity index (χ3n) is 1.35. The van der Waals surface area contributed by atoms with E-state index in [-0.39, 0.29) is 6.42 Å². The molecule has 0 spiro atoms. The Balaban J connectivity index is 3.75. The van der Waals surface area contributed by atoms with Crippen LogP contribution in [0.15, 0.2) is 0 Å². The highest BCUT2D eigenvalue weighted by molar-refractivity contribution is 5.78. The standard InChI is InChI=1S/C6H13NO4/c1-3(8)4(9)2-5(10)6(7)11/h3-5,8-10H,2H2,1H3,(H2,7,11)/t3-,4-,5-/m1/s1. The second kappa shape index (κ2) is 4.27. The summed E-state index contributed by atoms with van der Waals surface area (Å²) >= 11 is 0. The van der Waals surface area contributed by atoms with E-state index in [1.165, 1.54) is 6.92 Å². The lowest BCUT2D eigenvalue weighted by Gasteiger charge is -2.15. The lowest BCUT2D eigenvalue weighted by Crippen LogP contribution is -2.35. The van der Waals surface area contributed by atoms with Gasteiger partial charge in [-0.25, -0.2) is 0 Å². The summed E-state index contributed by atoms with van der Waals surface area (Å²) in [4.78, 5) is 10.2. The zero-order valence-corrected chi connectivity index (χ0v) is 6.27. The first-order chi connectivity index (χ1) is 4.95. The lowest BCUT2D eigenvalue weighted by atomic mass is 10.1. The zero-order chi connectivity index (χ0) is 9.02. The molecule has 0 aromatic rings. The van der Waals surface area contributed by atoms with Gasteiger partial charge in [-0.3, -0.25) is 4.79 Å². The highest BCUT2D eigenvalue weighted by atomic mass is 16.3. The van der Waals surface area contributed by atoms with Crippen LogP contribution in [0.25, 0.3) is 0 Å². The van der Waals surface area contributed by atoms with E-state index < -0.39 is 24.2 Å². The Morgan fingerprint density at radius 3 is 2.18 bits per heavy atom. The molecule has 1 amide bonds. The molecular formula is C6H13NO4. The van der Waals surface area contributed by atoms with E-state index >= 15 is 0 Å². The van der Waals surface area contributed by atoms with E-state index in [9.17, 15) is 4.79 Å². The minimum atomic E-state index is -1.39. The molecule has 0 aliphatic heterocycles. The molecule has 0 saturated carbocycles. The van der Waals surface area contributed by atoms with Gasteiger partial charge < -0.3 is 21.1 Å². The van der Waals surface area contributed by atoms with Gasteiger partial charge in [0, 0.05) is 6.42 Å². The first-order valence-corrected chi connectivity index (χ1v) is 3.28. The highest BCUT2D eigenvalue weighted by Gasteiger charge is 2.19. The number of carbonyl (C=O) groups excluding carboxylic acids is 1. The molecule has 66 valence electrons. The van der Waals surface area contributed by atoms with E-state index in [0.717, 1.165) is 0 Å². The smallest absolute Gasteiger partial charge is 0.246 e. The van der Waals surface area contributed by atoms with Crippen LogP contribution in [0.4, 0.5) is 0 Å². The van der Waals surface area contributed by atoms with Crippen molar-refractivity contribution in [1.82, 2.24) is 0 Å². The van der Waals surface area contributed by atoms with Crippen LogP contribution < -0.4 is 5.73 Å². The molecule has 0 radical (unpaired) electrons.